The Morgan fingerprint density at radius 3 is 2.73 bits per heavy atom. The van der Waals surface area contributed by atoms with Crippen molar-refractivity contribution in [2.45, 2.75) is 52.6 Å². The summed E-state index contributed by atoms with van der Waals surface area (Å²) in [6, 6.07) is 0.221. The molecular weight excluding hydrogens is 186 g/mol. The summed E-state index contributed by atoms with van der Waals surface area (Å²) in [7, 11) is 0. The van der Waals surface area contributed by atoms with Crippen molar-refractivity contribution in [3.05, 3.63) is 18.0 Å². The molecule has 0 fully saturated rings. The number of aromatic nitrogens is 2. The maximum absolute atomic E-state index is 5.74. The van der Waals surface area contributed by atoms with Crippen LogP contribution in [0.5, 0.6) is 0 Å². The first-order valence-electron chi connectivity index (χ1n) is 5.85. The van der Waals surface area contributed by atoms with Gasteiger partial charge >= 0.3 is 0 Å². The van der Waals surface area contributed by atoms with Crippen LogP contribution in [0.1, 0.15) is 39.2 Å². The van der Waals surface area contributed by atoms with Gasteiger partial charge in [0.25, 0.3) is 0 Å². The summed E-state index contributed by atoms with van der Waals surface area (Å²) >= 11 is 0. The summed E-state index contributed by atoms with van der Waals surface area (Å²) in [5.41, 5.74) is 6.98. The van der Waals surface area contributed by atoms with Crippen LogP contribution in [0, 0.1) is 5.92 Å². The quantitative estimate of drug-likeness (QED) is 0.780. The number of aryl methyl sites for hydroxylation is 1. The monoisotopic (exact) mass is 209 g/mol. The average Bonchev–Trinajstić information content (AvgIpc) is 2.50. The molecule has 1 heterocycles. The molecule has 0 amide bonds. The molecule has 1 aromatic rings. The van der Waals surface area contributed by atoms with Crippen LogP contribution in [-0.4, -0.2) is 15.8 Å². The molecule has 0 saturated carbocycles. The summed E-state index contributed by atoms with van der Waals surface area (Å²) in [5, 5.41) is 4.33. The molecule has 15 heavy (non-hydrogen) atoms. The Morgan fingerprint density at radius 2 is 2.13 bits per heavy atom. The predicted molar refractivity (Wildman–Crippen MR) is 63.7 cm³/mol. The van der Waals surface area contributed by atoms with Crippen LogP contribution in [-0.2, 0) is 13.0 Å². The van der Waals surface area contributed by atoms with Gasteiger partial charge in [0.2, 0.25) is 0 Å². The zero-order valence-corrected chi connectivity index (χ0v) is 10.1. The van der Waals surface area contributed by atoms with Crippen LogP contribution in [0.15, 0.2) is 12.4 Å². The largest absolute Gasteiger partial charge is 0.328 e. The van der Waals surface area contributed by atoms with Crippen LogP contribution < -0.4 is 5.73 Å². The normalized spacial score (nSPS) is 13.4. The Labute approximate surface area is 92.7 Å². The highest BCUT2D eigenvalue weighted by atomic mass is 15.3. The van der Waals surface area contributed by atoms with E-state index in [9.17, 15) is 0 Å². The lowest BCUT2D eigenvalue weighted by molar-refractivity contribution is 0.489. The first-order chi connectivity index (χ1) is 7.08. The molecular formula is C12H23N3. The maximum atomic E-state index is 5.74. The Hall–Kier alpha value is -0.830. The van der Waals surface area contributed by atoms with E-state index in [4.69, 9.17) is 5.73 Å². The fourth-order valence-electron chi connectivity index (χ4n) is 1.67. The minimum absolute atomic E-state index is 0.221. The van der Waals surface area contributed by atoms with Gasteiger partial charge in [0.05, 0.1) is 6.20 Å². The number of rotatable bonds is 6. The van der Waals surface area contributed by atoms with Crippen molar-refractivity contribution in [3.63, 3.8) is 0 Å². The molecule has 1 rings (SSSR count). The van der Waals surface area contributed by atoms with E-state index in [1.807, 2.05) is 17.8 Å². The predicted octanol–water partition coefficient (Wildman–Crippen LogP) is 2.21. The van der Waals surface area contributed by atoms with Crippen molar-refractivity contribution < 1.29 is 0 Å². The number of hydrogen-bond donors (Lipinski definition) is 1. The van der Waals surface area contributed by atoms with Crippen LogP contribution >= 0.6 is 0 Å². The first-order valence-corrected chi connectivity index (χ1v) is 5.85. The number of hydrogen-bond acceptors (Lipinski definition) is 2. The molecule has 0 spiro atoms. The van der Waals surface area contributed by atoms with Gasteiger partial charge in [-0.1, -0.05) is 13.8 Å². The highest BCUT2D eigenvalue weighted by molar-refractivity contribution is 5.05. The summed E-state index contributed by atoms with van der Waals surface area (Å²) in [6.07, 6.45) is 7.44. The van der Waals surface area contributed by atoms with E-state index in [0.717, 1.165) is 18.9 Å². The molecule has 3 heteroatoms. The lowest BCUT2D eigenvalue weighted by Crippen LogP contribution is -2.17. The molecule has 1 unspecified atom stereocenters. The zero-order chi connectivity index (χ0) is 11.3. The highest BCUT2D eigenvalue weighted by Gasteiger charge is 2.01. The lowest BCUT2D eigenvalue weighted by atomic mass is 10.1. The van der Waals surface area contributed by atoms with Crippen LogP contribution in [0.3, 0.4) is 0 Å². The minimum atomic E-state index is 0.221. The van der Waals surface area contributed by atoms with Gasteiger partial charge in [-0.05, 0) is 37.7 Å². The van der Waals surface area contributed by atoms with Crippen molar-refractivity contribution in [1.29, 1.82) is 0 Å². The third kappa shape index (κ3) is 4.98. The summed E-state index contributed by atoms with van der Waals surface area (Å²) in [5.74, 6) is 0.782. The zero-order valence-electron chi connectivity index (χ0n) is 10.1. The van der Waals surface area contributed by atoms with E-state index in [0.29, 0.717) is 0 Å². The van der Waals surface area contributed by atoms with E-state index < -0.39 is 0 Å². The molecule has 0 aromatic carbocycles. The molecule has 0 radical (unpaired) electrons. The third-order valence-corrected chi connectivity index (χ3v) is 2.41. The molecule has 0 bridgehead atoms. The van der Waals surface area contributed by atoms with Gasteiger partial charge in [0, 0.05) is 18.8 Å². The van der Waals surface area contributed by atoms with Gasteiger partial charge in [0.15, 0.2) is 0 Å². The Balaban J connectivity index is 2.33. The average molecular weight is 209 g/mol. The summed E-state index contributed by atoms with van der Waals surface area (Å²) in [6.45, 7) is 7.56. The van der Waals surface area contributed by atoms with Crippen molar-refractivity contribution in [1.82, 2.24) is 9.78 Å². The van der Waals surface area contributed by atoms with Gasteiger partial charge in [-0.3, -0.25) is 4.68 Å². The molecule has 86 valence electrons. The van der Waals surface area contributed by atoms with Crippen LogP contribution in [0.2, 0.25) is 0 Å². The minimum Gasteiger partial charge on any atom is -0.328 e. The van der Waals surface area contributed by atoms with Gasteiger partial charge < -0.3 is 5.73 Å². The van der Waals surface area contributed by atoms with E-state index in [-0.39, 0.29) is 6.04 Å². The Bertz CT molecular complexity index is 276. The molecule has 0 saturated heterocycles. The van der Waals surface area contributed by atoms with E-state index in [1.165, 1.54) is 18.4 Å². The first kappa shape index (κ1) is 12.2. The van der Waals surface area contributed by atoms with E-state index in [1.54, 1.807) is 0 Å². The third-order valence-electron chi connectivity index (χ3n) is 2.41. The van der Waals surface area contributed by atoms with Gasteiger partial charge in [0.1, 0.15) is 0 Å². The Morgan fingerprint density at radius 1 is 1.40 bits per heavy atom. The van der Waals surface area contributed by atoms with Crippen molar-refractivity contribution in [2.75, 3.05) is 0 Å². The highest BCUT2D eigenvalue weighted by Crippen LogP contribution is 2.06. The number of nitrogens with two attached hydrogens (primary N) is 1. The van der Waals surface area contributed by atoms with Crippen LogP contribution in [0.25, 0.3) is 0 Å². The Kier molecular flexibility index (Phi) is 4.82. The summed E-state index contributed by atoms with van der Waals surface area (Å²) in [4.78, 5) is 0. The van der Waals surface area contributed by atoms with Crippen molar-refractivity contribution in [2.24, 2.45) is 11.7 Å². The van der Waals surface area contributed by atoms with Gasteiger partial charge in [-0.2, -0.15) is 5.10 Å². The van der Waals surface area contributed by atoms with Crippen LogP contribution in [0.4, 0.5) is 0 Å². The molecule has 2 N–H and O–H groups in total. The number of nitrogens with zero attached hydrogens (tertiary/aromatic N) is 2. The topological polar surface area (TPSA) is 43.8 Å². The smallest absolute Gasteiger partial charge is 0.0522 e. The molecule has 0 aliphatic rings. The maximum Gasteiger partial charge on any atom is 0.0522 e. The second-order valence-electron chi connectivity index (χ2n) is 4.83. The standard InChI is InChI=1S/C12H23N3/c1-10(2)5-4-6-15-9-12(8-14-15)7-11(3)13/h8-11H,4-7,13H2,1-3H3. The summed E-state index contributed by atoms with van der Waals surface area (Å²) < 4.78 is 2.03. The second kappa shape index (κ2) is 5.91. The van der Waals surface area contributed by atoms with Crippen molar-refractivity contribution in [3.8, 4) is 0 Å². The molecule has 1 aromatic heterocycles. The van der Waals surface area contributed by atoms with E-state index >= 15 is 0 Å². The fraction of sp³-hybridized carbons (Fsp3) is 0.750. The van der Waals surface area contributed by atoms with Gasteiger partial charge in [-0.15, -0.1) is 0 Å². The van der Waals surface area contributed by atoms with Gasteiger partial charge in [-0.25, -0.2) is 0 Å². The molecule has 1 atom stereocenters. The van der Waals surface area contributed by atoms with Crippen molar-refractivity contribution >= 4 is 0 Å². The second-order valence-corrected chi connectivity index (χ2v) is 4.83. The molecule has 0 aliphatic heterocycles. The van der Waals surface area contributed by atoms with E-state index in [2.05, 4.69) is 25.1 Å². The lowest BCUT2D eigenvalue weighted by Gasteiger charge is -2.04. The fourth-order valence-corrected chi connectivity index (χ4v) is 1.67. The molecule has 0 aliphatic carbocycles. The molecule has 3 nitrogen and oxygen atoms in total. The SMILES string of the molecule is CC(C)CCCn1cc(CC(C)N)cn1.